The molecule has 1 N–H and O–H groups in total. The largest absolute Gasteiger partial charge is 0.479 e. The second-order valence-corrected chi connectivity index (χ2v) is 10.5. The first-order chi connectivity index (χ1) is 16.0. The number of hydrogen-bond acceptors (Lipinski definition) is 5. The summed E-state index contributed by atoms with van der Waals surface area (Å²) in [5.41, 5.74) is 4.39. The number of pyridine rings is 1. The van der Waals surface area contributed by atoms with Crippen molar-refractivity contribution in [2.45, 2.75) is 45.9 Å². The number of benzene rings is 2. The molecule has 0 saturated carbocycles. The Bertz CT molecular complexity index is 1400. The van der Waals surface area contributed by atoms with Gasteiger partial charge in [-0.3, -0.25) is 9.78 Å². The maximum absolute atomic E-state index is 12.9. The Labute approximate surface area is 206 Å². The molecule has 4 aromatic rings. The molecule has 2 aromatic heterocycles. The summed E-state index contributed by atoms with van der Waals surface area (Å²) in [4.78, 5) is 30.4. The number of ether oxygens (including phenoxy) is 1. The van der Waals surface area contributed by atoms with Crippen LogP contribution >= 0.6 is 22.9 Å². The van der Waals surface area contributed by atoms with Crippen LogP contribution in [0.4, 0.5) is 0 Å². The van der Waals surface area contributed by atoms with E-state index >= 15 is 0 Å². The van der Waals surface area contributed by atoms with Crippen molar-refractivity contribution in [1.82, 2.24) is 9.55 Å². The molecule has 0 bridgehead atoms. The molecule has 2 aromatic carbocycles. The van der Waals surface area contributed by atoms with Crippen LogP contribution in [0.2, 0.25) is 5.02 Å². The van der Waals surface area contributed by atoms with Crippen molar-refractivity contribution >= 4 is 39.8 Å². The Morgan fingerprint density at radius 2 is 1.91 bits per heavy atom. The van der Waals surface area contributed by atoms with Crippen LogP contribution in [0.3, 0.4) is 0 Å². The summed E-state index contributed by atoms with van der Waals surface area (Å²) >= 11 is 7.62. The SMILES string of the molecule is Cc1cc2c(ccc(=O)n2Cc2cncs2)c(-c2ccc(Cl)cc2)c1[C@H](OC(C)(C)C)C(=O)O. The van der Waals surface area contributed by atoms with Crippen LogP contribution in [0, 0.1) is 6.92 Å². The average Bonchev–Trinajstić information content (AvgIpc) is 3.27. The van der Waals surface area contributed by atoms with Crippen LogP contribution in [0.25, 0.3) is 22.0 Å². The van der Waals surface area contributed by atoms with Crippen molar-refractivity contribution < 1.29 is 14.6 Å². The molecule has 0 saturated heterocycles. The summed E-state index contributed by atoms with van der Waals surface area (Å²) in [6.45, 7) is 7.71. The average molecular weight is 497 g/mol. The summed E-state index contributed by atoms with van der Waals surface area (Å²) in [7, 11) is 0. The number of fused-ring (bicyclic) bond motifs is 1. The number of carboxylic acids is 1. The fourth-order valence-electron chi connectivity index (χ4n) is 4.08. The summed E-state index contributed by atoms with van der Waals surface area (Å²) in [6, 6.07) is 12.4. The number of hydrogen-bond donors (Lipinski definition) is 1. The van der Waals surface area contributed by atoms with Gasteiger partial charge in [0.15, 0.2) is 6.10 Å². The number of rotatable bonds is 6. The molecule has 0 aliphatic rings. The molecule has 0 radical (unpaired) electrons. The number of carbonyl (C=O) groups is 1. The first-order valence-corrected chi connectivity index (χ1v) is 12.0. The molecule has 2 heterocycles. The Hall–Kier alpha value is -3.00. The Balaban J connectivity index is 2.07. The molecule has 4 rings (SSSR count). The number of thiazole rings is 1. The van der Waals surface area contributed by atoms with Crippen LogP contribution in [-0.4, -0.2) is 26.2 Å². The van der Waals surface area contributed by atoms with Gasteiger partial charge in [-0.1, -0.05) is 23.7 Å². The maximum atomic E-state index is 12.9. The third kappa shape index (κ3) is 4.92. The van der Waals surface area contributed by atoms with Gasteiger partial charge in [-0.15, -0.1) is 11.3 Å². The molecule has 0 aliphatic carbocycles. The van der Waals surface area contributed by atoms with Crippen molar-refractivity contribution in [3.05, 3.63) is 85.6 Å². The first-order valence-electron chi connectivity index (χ1n) is 10.8. The zero-order valence-corrected chi connectivity index (χ0v) is 20.9. The lowest BCUT2D eigenvalue weighted by molar-refractivity contribution is -0.160. The standard InChI is InChI=1S/C26H25ClN2O4S/c1-15-11-20-19(9-10-21(30)29(20)13-18-12-28-14-34-18)23(16-5-7-17(27)8-6-16)22(15)24(25(31)32)33-26(2,3)4/h5-12,14,24H,13H2,1-4H3,(H,31,32)/t24-/m0/s1. The van der Waals surface area contributed by atoms with Crippen molar-refractivity contribution in [3.8, 4) is 11.1 Å². The minimum Gasteiger partial charge on any atom is -0.479 e. The predicted octanol–water partition coefficient (Wildman–Crippen LogP) is 6.08. The number of nitrogens with zero attached hydrogens (tertiary/aromatic N) is 2. The lowest BCUT2D eigenvalue weighted by Gasteiger charge is -2.29. The topological polar surface area (TPSA) is 81.4 Å². The highest BCUT2D eigenvalue weighted by atomic mass is 35.5. The Morgan fingerprint density at radius 1 is 1.21 bits per heavy atom. The van der Waals surface area contributed by atoms with Gasteiger partial charge in [0.05, 0.1) is 23.2 Å². The smallest absolute Gasteiger partial charge is 0.337 e. The lowest BCUT2D eigenvalue weighted by atomic mass is 9.88. The normalized spacial score (nSPS) is 12.7. The van der Waals surface area contributed by atoms with Gasteiger partial charge in [0, 0.05) is 33.1 Å². The molecule has 0 amide bonds. The number of aromatic nitrogens is 2. The molecule has 34 heavy (non-hydrogen) atoms. The number of halogens is 1. The summed E-state index contributed by atoms with van der Waals surface area (Å²) in [5, 5.41) is 11.5. The van der Waals surface area contributed by atoms with Gasteiger partial charge in [0.1, 0.15) is 0 Å². The number of carboxylic acid groups (broad SMARTS) is 1. The first kappa shape index (κ1) is 24.1. The molecule has 0 aliphatic heterocycles. The minimum atomic E-state index is -1.20. The third-order valence-corrected chi connectivity index (χ3v) is 6.45. The molecular weight excluding hydrogens is 472 g/mol. The third-order valence-electron chi connectivity index (χ3n) is 5.43. The Kier molecular flexibility index (Phi) is 6.62. The molecule has 0 fully saturated rings. The van der Waals surface area contributed by atoms with E-state index in [9.17, 15) is 14.7 Å². The molecule has 176 valence electrons. The van der Waals surface area contributed by atoms with E-state index in [1.165, 1.54) is 17.4 Å². The highest BCUT2D eigenvalue weighted by Gasteiger charge is 2.32. The zero-order chi connectivity index (χ0) is 24.6. The molecule has 1 atom stereocenters. The van der Waals surface area contributed by atoms with Crippen molar-refractivity contribution in [3.63, 3.8) is 0 Å². The van der Waals surface area contributed by atoms with Gasteiger partial charge in [-0.05, 0) is 68.7 Å². The van der Waals surface area contributed by atoms with E-state index in [0.29, 0.717) is 28.2 Å². The summed E-state index contributed by atoms with van der Waals surface area (Å²) in [5.74, 6) is -1.08. The molecular formula is C26H25ClN2O4S. The van der Waals surface area contributed by atoms with Gasteiger partial charge >= 0.3 is 5.97 Å². The number of aliphatic carboxylic acids is 1. The van der Waals surface area contributed by atoms with Gasteiger partial charge < -0.3 is 14.4 Å². The highest BCUT2D eigenvalue weighted by molar-refractivity contribution is 7.09. The zero-order valence-electron chi connectivity index (χ0n) is 19.3. The minimum absolute atomic E-state index is 0.143. The molecule has 0 unspecified atom stereocenters. The monoisotopic (exact) mass is 496 g/mol. The van der Waals surface area contributed by atoms with Crippen molar-refractivity contribution in [1.29, 1.82) is 0 Å². The van der Waals surface area contributed by atoms with Crippen LogP contribution in [0.1, 0.15) is 42.9 Å². The van der Waals surface area contributed by atoms with E-state index in [0.717, 1.165) is 21.4 Å². The highest BCUT2D eigenvalue weighted by Crippen LogP contribution is 2.40. The van der Waals surface area contributed by atoms with Crippen molar-refractivity contribution in [2.75, 3.05) is 0 Å². The fraction of sp³-hybridized carbons (Fsp3) is 0.269. The predicted molar refractivity (Wildman–Crippen MR) is 136 cm³/mol. The Morgan fingerprint density at radius 3 is 2.50 bits per heavy atom. The fourth-order valence-corrected chi connectivity index (χ4v) is 4.79. The second kappa shape index (κ2) is 9.33. The summed E-state index contributed by atoms with van der Waals surface area (Å²) in [6.07, 6.45) is 0.548. The van der Waals surface area contributed by atoms with E-state index in [2.05, 4.69) is 4.98 Å². The van der Waals surface area contributed by atoms with Crippen molar-refractivity contribution in [2.24, 2.45) is 0 Å². The summed E-state index contributed by atoms with van der Waals surface area (Å²) < 4.78 is 7.73. The maximum Gasteiger partial charge on any atom is 0.337 e. The van der Waals surface area contributed by atoms with Gasteiger partial charge in [0.25, 0.3) is 5.56 Å². The van der Waals surface area contributed by atoms with Gasteiger partial charge in [0.2, 0.25) is 0 Å². The quantitative estimate of drug-likeness (QED) is 0.350. The van der Waals surface area contributed by atoms with Crippen LogP contribution in [-0.2, 0) is 16.1 Å². The van der Waals surface area contributed by atoms with E-state index < -0.39 is 17.7 Å². The molecule has 0 spiro atoms. The van der Waals surface area contributed by atoms with Gasteiger partial charge in [-0.2, -0.15) is 0 Å². The molecule has 6 nitrogen and oxygen atoms in total. The van der Waals surface area contributed by atoms with E-state index in [4.69, 9.17) is 16.3 Å². The second-order valence-electron chi connectivity index (χ2n) is 9.10. The van der Waals surface area contributed by atoms with Gasteiger partial charge in [-0.25, -0.2) is 4.79 Å². The van der Waals surface area contributed by atoms with Crippen LogP contribution < -0.4 is 5.56 Å². The van der Waals surface area contributed by atoms with E-state index in [1.54, 1.807) is 34.5 Å². The number of aryl methyl sites for hydroxylation is 1. The van der Waals surface area contributed by atoms with E-state index in [-0.39, 0.29) is 5.56 Å². The molecule has 8 heteroatoms. The lowest BCUT2D eigenvalue weighted by Crippen LogP contribution is -2.28. The van der Waals surface area contributed by atoms with Crippen LogP contribution in [0.15, 0.2) is 59.0 Å². The van der Waals surface area contributed by atoms with Crippen LogP contribution in [0.5, 0.6) is 0 Å². The van der Waals surface area contributed by atoms with E-state index in [1.807, 2.05) is 45.9 Å².